The van der Waals surface area contributed by atoms with E-state index in [0.717, 1.165) is 24.3 Å². The van der Waals surface area contributed by atoms with Gasteiger partial charge in [0.2, 0.25) is 0 Å². The zero-order chi connectivity index (χ0) is 15.8. The Morgan fingerprint density at radius 1 is 1.23 bits per heavy atom. The van der Waals surface area contributed by atoms with Gasteiger partial charge in [-0.25, -0.2) is 4.98 Å². The monoisotopic (exact) mass is 299 g/mol. The van der Waals surface area contributed by atoms with Crippen molar-refractivity contribution in [2.75, 3.05) is 19.0 Å². The van der Waals surface area contributed by atoms with E-state index in [2.05, 4.69) is 22.5 Å². The first-order valence-electron chi connectivity index (χ1n) is 7.37. The molecule has 2 rings (SSSR count). The van der Waals surface area contributed by atoms with Crippen molar-refractivity contribution in [3.63, 3.8) is 0 Å². The molecular formula is C17H21N3O2. The van der Waals surface area contributed by atoms with Gasteiger partial charge in [-0.1, -0.05) is 19.1 Å². The van der Waals surface area contributed by atoms with Gasteiger partial charge in [0.1, 0.15) is 11.6 Å². The molecule has 0 aliphatic heterocycles. The average molecular weight is 299 g/mol. The molecule has 5 heteroatoms. The molecule has 1 aromatic heterocycles. The predicted molar refractivity (Wildman–Crippen MR) is 87.2 cm³/mol. The molecule has 2 aromatic rings. The number of nitrogens with zero attached hydrogens (tertiary/aromatic N) is 1. The quantitative estimate of drug-likeness (QED) is 0.825. The molecule has 0 unspecified atom stereocenters. The highest BCUT2D eigenvalue weighted by atomic mass is 16.5. The normalized spacial score (nSPS) is 10.1. The van der Waals surface area contributed by atoms with Gasteiger partial charge in [0, 0.05) is 19.8 Å². The predicted octanol–water partition coefficient (Wildman–Crippen LogP) is 2.84. The van der Waals surface area contributed by atoms with E-state index < -0.39 is 0 Å². The minimum atomic E-state index is -0.154. The van der Waals surface area contributed by atoms with E-state index in [1.807, 2.05) is 24.3 Å². The van der Waals surface area contributed by atoms with E-state index in [0.29, 0.717) is 17.9 Å². The number of pyridine rings is 1. The first kappa shape index (κ1) is 15.8. The van der Waals surface area contributed by atoms with Crippen LogP contribution in [0.3, 0.4) is 0 Å². The lowest BCUT2D eigenvalue weighted by Gasteiger charge is -2.10. The van der Waals surface area contributed by atoms with Crippen LogP contribution in [0.15, 0.2) is 42.6 Å². The van der Waals surface area contributed by atoms with E-state index in [9.17, 15) is 4.79 Å². The van der Waals surface area contributed by atoms with Crippen molar-refractivity contribution in [3.05, 3.63) is 53.7 Å². The van der Waals surface area contributed by atoms with Gasteiger partial charge < -0.3 is 15.4 Å². The van der Waals surface area contributed by atoms with Crippen LogP contribution in [0.2, 0.25) is 0 Å². The number of carbonyl (C=O) groups is 1. The molecule has 0 saturated carbocycles. The molecule has 1 amide bonds. The lowest BCUT2D eigenvalue weighted by Crippen LogP contribution is -2.20. The van der Waals surface area contributed by atoms with Gasteiger partial charge in [-0.15, -0.1) is 0 Å². The molecule has 0 aliphatic rings. The fourth-order valence-corrected chi connectivity index (χ4v) is 1.97. The van der Waals surface area contributed by atoms with Gasteiger partial charge in [-0.2, -0.15) is 0 Å². The largest absolute Gasteiger partial charge is 0.494 e. The summed E-state index contributed by atoms with van der Waals surface area (Å²) in [7, 11) is 1.61. The molecule has 0 saturated heterocycles. The van der Waals surface area contributed by atoms with Gasteiger partial charge in [0.25, 0.3) is 5.91 Å². The van der Waals surface area contributed by atoms with Crippen LogP contribution in [-0.4, -0.2) is 24.5 Å². The van der Waals surface area contributed by atoms with Crippen molar-refractivity contribution in [3.8, 4) is 5.75 Å². The van der Waals surface area contributed by atoms with Crippen molar-refractivity contribution in [1.82, 2.24) is 10.3 Å². The van der Waals surface area contributed by atoms with E-state index in [4.69, 9.17) is 4.74 Å². The fraction of sp³-hybridized carbons (Fsp3) is 0.294. The smallest absolute Gasteiger partial charge is 0.254 e. The fourth-order valence-electron chi connectivity index (χ4n) is 1.97. The first-order chi connectivity index (χ1) is 10.7. The summed E-state index contributed by atoms with van der Waals surface area (Å²) < 4.78 is 5.55. The summed E-state index contributed by atoms with van der Waals surface area (Å²) in [5, 5.41) is 5.81. The second-order valence-corrected chi connectivity index (χ2v) is 4.82. The molecule has 0 aliphatic carbocycles. The first-order valence-corrected chi connectivity index (χ1v) is 7.37. The maximum absolute atomic E-state index is 11.8. The number of amides is 1. The SMILES string of the molecule is CCCOc1ccc(CNc2ncccc2C(=O)NC)cc1. The van der Waals surface area contributed by atoms with Gasteiger partial charge >= 0.3 is 0 Å². The zero-order valence-corrected chi connectivity index (χ0v) is 12.9. The molecule has 0 spiro atoms. The van der Waals surface area contributed by atoms with E-state index >= 15 is 0 Å². The third kappa shape index (κ3) is 4.22. The molecule has 2 N–H and O–H groups in total. The van der Waals surface area contributed by atoms with Crippen LogP contribution < -0.4 is 15.4 Å². The maximum atomic E-state index is 11.8. The number of hydrogen-bond acceptors (Lipinski definition) is 4. The van der Waals surface area contributed by atoms with E-state index in [-0.39, 0.29) is 5.91 Å². The number of anilines is 1. The topological polar surface area (TPSA) is 63.2 Å². The average Bonchev–Trinajstić information content (AvgIpc) is 2.58. The molecule has 0 fully saturated rings. The lowest BCUT2D eigenvalue weighted by molar-refractivity contribution is 0.0963. The molecule has 1 aromatic carbocycles. The second-order valence-electron chi connectivity index (χ2n) is 4.82. The zero-order valence-electron chi connectivity index (χ0n) is 12.9. The number of aromatic nitrogens is 1. The molecule has 0 atom stereocenters. The van der Waals surface area contributed by atoms with Crippen LogP contribution in [-0.2, 0) is 6.54 Å². The summed E-state index contributed by atoms with van der Waals surface area (Å²) in [5.74, 6) is 1.29. The van der Waals surface area contributed by atoms with Crippen molar-refractivity contribution in [1.29, 1.82) is 0 Å². The molecule has 0 radical (unpaired) electrons. The van der Waals surface area contributed by atoms with E-state index in [1.165, 1.54) is 0 Å². The van der Waals surface area contributed by atoms with Gasteiger partial charge in [-0.3, -0.25) is 4.79 Å². The Balaban J connectivity index is 2.00. The number of rotatable bonds is 7. The molecule has 5 nitrogen and oxygen atoms in total. The Labute approximate surface area is 130 Å². The summed E-state index contributed by atoms with van der Waals surface area (Å²) in [6, 6.07) is 11.4. The molecule has 22 heavy (non-hydrogen) atoms. The van der Waals surface area contributed by atoms with Crippen molar-refractivity contribution in [2.45, 2.75) is 19.9 Å². The second kappa shape index (κ2) is 8.02. The van der Waals surface area contributed by atoms with Gasteiger partial charge in [-0.05, 0) is 36.2 Å². The Bertz CT molecular complexity index is 612. The number of carbonyl (C=O) groups excluding carboxylic acids is 1. The molecule has 0 bridgehead atoms. The van der Waals surface area contributed by atoms with Crippen LogP contribution in [0.1, 0.15) is 29.3 Å². The van der Waals surface area contributed by atoms with Crippen LogP contribution in [0.25, 0.3) is 0 Å². The molecule has 116 valence electrons. The number of ether oxygens (including phenoxy) is 1. The molecule has 1 heterocycles. The van der Waals surface area contributed by atoms with Crippen LogP contribution in [0.5, 0.6) is 5.75 Å². The van der Waals surface area contributed by atoms with Crippen molar-refractivity contribution < 1.29 is 9.53 Å². The Morgan fingerprint density at radius 2 is 2.00 bits per heavy atom. The summed E-state index contributed by atoms with van der Waals surface area (Å²) >= 11 is 0. The highest BCUT2D eigenvalue weighted by molar-refractivity contribution is 5.98. The van der Waals surface area contributed by atoms with Crippen LogP contribution in [0.4, 0.5) is 5.82 Å². The van der Waals surface area contributed by atoms with E-state index in [1.54, 1.807) is 25.4 Å². The Morgan fingerprint density at radius 3 is 2.68 bits per heavy atom. The number of hydrogen-bond donors (Lipinski definition) is 2. The highest BCUT2D eigenvalue weighted by Crippen LogP contribution is 2.15. The van der Waals surface area contributed by atoms with Gasteiger partial charge in [0.05, 0.1) is 12.2 Å². The van der Waals surface area contributed by atoms with Crippen LogP contribution in [0, 0.1) is 0 Å². The summed E-state index contributed by atoms with van der Waals surface area (Å²) in [4.78, 5) is 16.0. The van der Waals surface area contributed by atoms with Crippen molar-refractivity contribution >= 4 is 11.7 Å². The summed E-state index contributed by atoms with van der Waals surface area (Å²) in [5.41, 5.74) is 1.63. The standard InChI is InChI=1S/C17H21N3O2/c1-3-11-22-14-8-6-13(7-9-14)12-20-16-15(17(21)18-2)5-4-10-19-16/h4-10H,3,11-12H2,1-2H3,(H,18,21)(H,19,20). The minimum absolute atomic E-state index is 0.154. The third-order valence-electron chi connectivity index (χ3n) is 3.14. The molecular weight excluding hydrogens is 278 g/mol. The lowest BCUT2D eigenvalue weighted by atomic mass is 10.2. The van der Waals surface area contributed by atoms with Crippen LogP contribution >= 0.6 is 0 Å². The highest BCUT2D eigenvalue weighted by Gasteiger charge is 2.09. The number of benzene rings is 1. The third-order valence-corrected chi connectivity index (χ3v) is 3.14. The van der Waals surface area contributed by atoms with Gasteiger partial charge in [0.15, 0.2) is 0 Å². The summed E-state index contributed by atoms with van der Waals surface area (Å²) in [6.07, 6.45) is 2.65. The minimum Gasteiger partial charge on any atom is -0.494 e. The Kier molecular flexibility index (Phi) is 5.77. The van der Waals surface area contributed by atoms with Crippen molar-refractivity contribution in [2.24, 2.45) is 0 Å². The Hall–Kier alpha value is -2.56. The summed E-state index contributed by atoms with van der Waals surface area (Å²) in [6.45, 7) is 3.39. The maximum Gasteiger partial charge on any atom is 0.254 e. The number of nitrogens with one attached hydrogen (secondary N) is 2.